The molecule has 2 aliphatic rings. The molecule has 1 unspecified atom stereocenters. The molecule has 0 radical (unpaired) electrons. The van der Waals surface area contributed by atoms with Crippen molar-refractivity contribution in [3.63, 3.8) is 0 Å². The Balaban J connectivity index is 1.53. The van der Waals surface area contributed by atoms with Gasteiger partial charge < -0.3 is 4.90 Å². The maximum atomic E-state index is 12.5. The molecule has 1 aliphatic heterocycles. The SMILES string of the molecule is O=C1CC(c2n[nH]c(=O)n2C2CCCCC2)CN1Cc1ccccc1. The Kier molecular flexibility index (Phi) is 4.42. The fraction of sp³-hybridized carbons (Fsp3) is 0.526. The van der Waals surface area contributed by atoms with Crippen LogP contribution in [0.15, 0.2) is 35.1 Å². The molecule has 0 spiro atoms. The Hall–Kier alpha value is -2.37. The monoisotopic (exact) mass is 340 g/mol. The summed E-state index contributed by atoms with van der Waals surface area (Å²) >= 11 is 0. The average molecular weight is 340 g/mol. The first-order chi connectivity index (χ1) is 12.2. The van der Waals surface area contributed by atoms with Gasteiger partial charge in [-0.1, -0.05) is 49.6 Å². The number of aromatic nitrogens is 3. The van der Waals surface area contributed by atoms with E-state index in [0.29, 0.717) is 19.5 Å². The predicted molar refractivity (Wildman–Crippen MR) is 94.2 cm³/mol. The number of hydrogen-bond donors (Lipinski definition) is 1. The third-order valence-electron chi connectivity index (χ3n) is 5.47. The fourth-order valence-corrected chi connectivity index (χ4v) is 4.20. The van der Waals surface area contributed by atoms with Crippen molar-refractivity contribution in [1.29, 1.82) is 0 Å². The van der Waals surface area contributed by atoms with Crippen LogP contribution in [0.5, 0.6) is 0 Å². The summed E-state index contributed by atoms with van der Waals surface area (Å²) in [7, 11) is 0. The summed E-state index contributed by atoms with van der Waals surface area (Å²) in [6.45, 7) is 1.25. The van der Waals surface area contributed by atoms with E-state index >= 15 is 0 Å². The molecule has 2 fully saturated rings. The van der Waals surface area contributed by atoms with Crippen LogP contribution >= 0.6 is 0 Å². The van der Waals surface area contributed by atoms with Gasteiger partial charge >= 0.3 is 5.69 Å². The third kappa shape index (κ3) is 3.25. The molecule has 2 aromatic rings. The van der Waals surface area contributed by atoms with E-state index in [4.69, 9.17) is 0 Å². The Morgan fingerprint density at radius 1 is 1.08 bits per heavy atom. The number of nitrogens with zero attached hydrogens (tertiary/aromatic N) is 3. The molecule has 0 bridgehead atoms. The molecule has 1 atom stereocenters. The Labute approximate surface area is 146 Å². The molecule has 1 saturated carbocycles. The lowest BCUT2D eigenvalue weighted by atomic mass is 9.94. The van der Waals surface area contributed by atoms with Crippen LogP contribution < -0.4 is 5.69 Å². The summed E-state index contributed by atoms with van der Waals surface area (Å²) < 4.78 is 1.84. The highest BCUT2D eigenvalue weighted by Crippen LogP contribution is 2.32. The first-order valence-electron chi connectivity index (χ1n) is 9.21. The predicted octanol–water partition coefficient (Wildman–Crippen LogP) is 2.59. The van der Waals surface area contributed by atoms with Crippen molar-refractivity contribution in [3.05, 3.63) is 52.2 Å². The largest absolute Gasteiger partial charge is 0.343 e. The molecule has 1 aliphatic carbocycles. The zero-order valence-electron chi connectivity index (χ0n) is 14.4. The second-order valence-corrected chi connectivity index (χ2v) is 7.21. The quantitative estimate of drug-likeness (QED) is 0.930. The van der Waals surface area contributed by atoms with Gasteiger partial charge in [0.05, 0.1) is 0 Å². The number of likely N-dealkylation sites (tertiary alicyclic amines) is 1. The lowest BCUT2D eigenvalue weighted by Gasteiger charge is -2.24. The maximum absolute atomic E-state index is 12.5. The average Bonchev–Trinajstić information content (AvgIpc) is 3.19. The molecule has 1 amide bonds. The second-order valence-electron chi connectivity index (χ2n) is 7.21. The number of nitrogens with one attached hydrogen (secondary N) is 1. The van der Waals surface area contributed by atoms with E-state index in [2.05, 4.69) is 10.2 Å². The highest BCUT2D eigenvalue weighted by molar-refractivity contribution is 5.79. The summed E-state index contributed by atoms with van der Waals surface area (Å²) in [6.07, 6.45) is 6.05. The molecule has 4 rings (SSSR count). The minimum atomic E-state index is -0.129. The number of hydrogen-bond acceptors (Lipinski definition) is 3. The molecule has 6 nitrogen and oxygen atoms in total. The van der Waals surface area contributed by atoms with Crippen LogP contribution in [0.3, 0.4) is 0 Å². The van der Waals surface area contributed by atoms with Crippen LogP contribution in [0, 0.1) is 0 Å². The zero-order chi connectivity index (χ0) is 17.2. The molecule has 1 saturated heterocycles. The summed E-state index contributed by atoms with van der Waals surface area (Å²) in [5, 5.41) is 6.91. The molecule has 1 N–H and O–H groups in total. The fourth-order valence-electron chi connectivity index (χ4n) is 4.20. The number of carbonyl (C=O) groups is 1. The van der Waals surface area contributed by atoms with Gasteiger partial charge in [0.2, 0.25) is 5.91 Å². The van der Waals surface area contributed by atoms with Crippen molar-refractivity contribution >= 4 is 5.91 Å². The van der Waals surface area contributed by atoms with E-state index in [1.165, 1.54) is 6.42 Å². The number of benzene rings is 1. The topological polar surface area (TPSA) is 71.0 Å². The molecule has 2 heterocycles. The maximum Gasteiger partial charge on any atom is 0.343 e. The lowest BCUT2D eigenvalue weighted by Crippen LogP contribution is -2.28. The van der Waals surface area contributed by atoms with Crippen LogP contribution in [-0.4, -0.2) is 32.1 Å². The lowest BCUT2D eigenvalue weighted by molar-refractivity contribution is -0.128. The molecule has 1 aromatic carbocycles. The van der Waals surface area contributed by atoms with Gasteiger partial charge in [-0.3, -0.25) is 9.36 Å². The molecule has 1 aromatic heterocycles. The molecule has 6 heteroatoms. The Morgan fingerprint density at radius 3 is 2.60 bits per heavy atom. The van der Waals surface area contributed by atoms with Gasteiger partial charge in [-0.2, -0.15) is 5.10 Å². The van der Waals surface area contributed by atoms with Gasteiger partial charge in [0.25, 0.3) is 0 Å². The van der Waals surface area contributed by atoms with Crippen molar-refractivity contribution in [2.45, 2.75) is 57.0 Å². The zero-order valence-corrected chi connectivity index (χ0v) is 14.4. The molecular formula is C19H24N4O2. The van der Waals surface area contributed by atoms with Crippen LogP contribution in [0.2, 0.25) is 0 Å². The van der Waals surface area contributed by atoms with Gasteiger partial charge in [-0.15, -0.1) is 0 Å². The molecule has 132 valence electrons. The standard InChI is InChI=1S/C19H24N4O2/c24-17-11-15(13-22(17)12-14-7-3-1-4-8-14)18-20-21-19(25)23(18)16-9-5-2-6-10-16/h1,3-4,7-8,15-16H,2,5-6,9-13H2,(H,21,25). The van der Waals surface area contributed by atoms with Crippen molar-refractivity contribution in [3.8, 4) is 0 Å². The Morgan fingerprint density at radius 2 is 1.84 bits per heavy atom. The van der Waals surface area contributed by atoms with Crippen LogP contribution in [-0.2, 0) is 11.3 Å². The minimum Gasteiger partial charge on any atom is -0.338 e. The summed E-state index contributed by atoms with van der Waals surface area (Å²) in [6, 6.07) is 10.3. The van der Waals surface area contributed by atoms with E-state index in [-0.39, 0.29) is 23.6 Å². The second kappa shape index (κ2) is 6.86. The smallest absolute Gasteiger partial charge is 0.338 e. The van der Waals surface area contributed by atoms with Crippen molar-refractivity contribution in [2.75, 3.05) is 6.54 Å². The number of aromatic amines is 1. The van der Waals surface area contributed by atoms with Gasteiger partial charge in [-0.05, 0) is 18.4 Å². The van der Waals surface area contributed by atoms with E-state index in [1.807, 2.05) is 39.8 Å². The summed E-state index contributed by atoms with van der Waals surface area (Å²) in [4.78, 5) is 26.6. The minimum absolute atomic E-state index is 0.00270. The Bertz CT molecular complexity index is 789. The first-order valence-corrected chi connectivity index (χ1v) is 9.21. The van der Waals surface area contributed by atoms with Crippen LogP contribution in [0.1, 0.15) is 61.9 Å². The first kappa shape index (κ1) is 16.1. The van der Waals surface area contributed by atoms with Gasteiger partial charge in [0.15, 0.2) is 0 Å². The van der Waals surface area contributed by atoms with E-state index in [9.17, 15) is 9.59 Å². The van der Waals surface area contributed by atoms with Crippen LogP contribution in [0.25, 0.3) is 0 Å². The van der Waals surface area contributed by atoms with Crippen molar-refractivity contribution < 1.29 is 4.79 Å². The van der Waals surface area contributed by atoms with Gasteiger partial charge in [-0.25, -0.2) is 9.89 Å². The van der Waals surface area contributed by atoms with E-state index in [0.717, 1.165) is 37.1 Å². The highest BCUT2D eigenvalue weighted by Gasteiger charge is 2.35. The highest BCUT2D eigenvalue weighted by atomic mass is 16.2. The van der Waals surface area contributed by atoms with E-state index in [1.54, 1.807) is 0 Å². The number of rotatable bonds is 4. The van der Waals surface area contributed by atoms with Crippen molar-refractivity contribution in [2.24, 2.45) is 0 Å². The third-order valence-corrected chi connectivity index (χ3v) is 5.47. The molecular weight excluding hydrogens is 316 g/mol. The number of carbonyl (C=O) groups excluding carboxylic acids is 1. The molecule has 25 heavy (non-hydrogen) atoms. The summed E-state index contributed by atoms with van der Waals surface area (Å²) in [5.41, 5.74) is 0.999. The van der Waals surface area contributed by atoms with E-state index < -0.39 is 0 Å². The van der Waals surface area contributed by atoms with Gasteiger partial charge in [0.1, 0.15) is 5.82 Å². The number of H-pyrrole nitrogens is 1. The normalized spacial score (nSPS) is 21.8. The summed E-state index contributed by atoms with van der Waals surface area (Å²) in [5.74, 6) is 0.900. The van der Waals surface area contributed by atoms with Crippen molar-refractivity contribution in [1.82, 2.24) is 19.7 Å². The van der Waals surface area contributed by atoms with Gasteiger partial charge in [0, 0.05) is 31.5 Å². The van der Waals surface area contributed by atoms with Crippen LogP contribution in [0.4, 0.5) is 0 Å². The number of amides is 1.